The molecule has 3 aliphatic heterocycles. The van der Waals surface area contributed by atoms with Crippen molar-refractivity contribution >= 4 is 12.2 Å². The highest BCUT2D eigenvalue weighted by atomic mass is 16.6. The van der Waals surface area contributed by atoms with Gasteiger partial charge in [-0.15, -0.1) is 0 Å². The van der Waals surface area contributed by atoms with E-state index in [4.69, 9.17) is 19.4 Å². The fraction of sp³-hybridized carbons (Fsp3) is 0.526. The smallest absolute Gasteiger partial charge is 0.410 e. The molecule has 4 aromatic rings. The van der Waals surface area contributed by atoms with Crippen LogP contribution in [0.4, 0.5) is 9.59 Å². The first kappa shape index (κ1) is 34.7. The zero-order valence-corrected chi connectivity index (χ0v) is 30.4. The molecule has 7 rings (SSSR count). The van der Waals surface area contributed by atoms with E-state index in [1.165, 1.54) is 11.1 Å². The number of hydrogen-bond acceptors (Lipinski definition) is 9. The van der Waals surface area contributed by atoms with Gasteiger partial charge >= 0.3 is 12.2 Å². The van der Waals surface area contributed by atoms with Crippen LogP contribution in [0, 0.1) is 0 Å². The molecule has 13 heteroatoms. The number of aromatic nitrogens is 6. The number of aromatic amines is 2. The molecule has 3 N–H and O–H groups in total. The zero-order valence-electron chi connectivity index (χ0n) is 30.4. The number of likely N-dealkylation sites (tertiary alicyclic amines) is 2. The van der Waals surface area contributed by atoms with Crippen LogP contribution >= 0.6 is 0 Å². The van der Waals surface area contributed by atoms with E-state index >= 15 is 0 Å². The van der Waals surface area contributed by atoms with E-state index in [1.807, 2.05) is 41.5 Å². The number of carbonyl (C=O) groups is 2. The Hall–Kier alpha value is -4.78. The Morgan fingerprint density at radius 1 is 0.627 bits per heavy atom. The van der Waals surface area contributed by atoms with E-state index in [0.29, 0.717) is 36.4 Å². The molecule has 0 spiro atoms. The van der Waals surface area contributed by atoms with Crippen molar-refractivity contribution in [1.29, 1.82) is 0 Å². The Bertz CT molecular complexity index is 1700. The number of hydrogen-bond donors (Lipinski definition) is 3. The Kier molecular flexibility index (Phi) is 9.34. The molecular weight excluding hydrogens is 646 g/mol. The maximum atomic E-state index is 12.8. The molecule has 3 fully saturated rings. The highest BCUT2D eigenvalue weighted by molar-refractivity contribution is 5.70. The number of ether oxygens (including phenoxy) is 2. The van der Waals surface area contributed by atoms with Crippen molar-refractivity contribution < 1.29 is 19.1 Å². The van der Waals surface area contributed by atoms with Crippen molar-refractivity contribution in [2.45, 2.75) is 115 Å². The average Bonchev–Trinajstić information content (AvgIpc) is 3.93. The summed E-state index contributed by atoms with van der Waals surface area (Å²) in [5.41, 5.74) is 3.20. The molecule has 0 saturated carbocycles. The Balaban J connectivity index is 0.953. The molecule has 51 heavy (non-hydrogen) atoms. The van der Waals surface area contributed by atoms with E-state index in [0.717, 1.165) is 49.7 Å². The fourth-order valence-electron chi connectivity index (χ4n) is 7.28. The lowest BCUT2D eigenvalue weighted by Gasteiger charge is -2.27. The van der Waals surface area contributed by atoms with Crippen LogP contribution in [0.1, 0.15) is 127 Å². The van der Waals surface area contributed by atoms with Gasteiger partial charge < -0.3 is 14.8 Å². The van der Waals surface area contributed by atoms with E-state index in [9.17, 15) is 9.59 Å². The highest BCUT2D eigenvalue weighted by Crippen LogP contribution is 2.37. The van der Waals surface area contributed by atoms with Crippen LogP contribution in [0.3, 0.4) is 0 Å². The highest BCUT2D eigenvalue weighted by Gasteiger charge is 2.37. The lowest BCUT2D eigenvalue weighted by Crippen LogP contribution is -2.36. The zero-order chi connectivity index (χ0) is 35.9. The molecule has 270 valence electrons. The predicted octanol–water partition coefficient (Wildman–Crippen LogP) is 7.57. The molecule has 2 aromatic heterocycles. The van der Waals surface area contributed by atoms with Crippen LogP contribution < -0.4 is 5.32 Å². The van der Waals surface area contributed by atoms with Crippen molar-refractivity contribution in [2.24, 2.45) is 0 Å². The molecular formula is C38H49N9O4. The quantitative estimate of drug-likeness (QED) is 0.185. The minimum absolute atomic E-state index is 0.171. The number of carbonyl (C=O) groups excluding carboxylic acids is 2. The second kappa shape index (κ2) is 13.7. The van der Waals surface area contributed by atoms with Crippen LogP contribution in [0.25, 0.3) is 22.8 Å². The summed E-state index contributed by atoms with van der Waals surface area (Å²) in [5, 5.41) is 18.9. The van der Waals surface area contributed by atoms with Gasteiger partial charge in [-0.2, -0.15) is 10.2 Å². The molecule has 5 heterocycles. The summed E-state index contributed by atoms with van der Waals surface area (Å²) in [4.78, 5) is 38.6. The number of rotatable bonds is 6. The fourth-order valence-corrected chi connectivity index (χ4v) is 7.28. The van der Waals surface area contributed by atoms with Gasteiger partial charge in [0.05, 0.1) is 12.1 Å². The normalized spacial score (nSPS) is 22.5. The van der Waals surface area contributed by atoms with Gasteiger partial charge in [-0.1, -0.05) is 48.5 Å². The van der Waals surface area contributed by atoms with Gasteiger partial charge in [0.1, 0.15) is 22.9 Å². The minimum atomic E-state index is -0.550. The molecule has 0 bridgehead atoms. The molecule has 2 amide bonds. The average molecular weight is 696 g/mol. The first-order valence-corrected chi connectivity index (χ1v) is 18.1. The molecule has 4 unspecified atom stereocenters. The number of H-pyrrole nitrogens is 2. The van der Waals surface area contributed by atoms with Gasteiger partial charge in [-0.3, -0.25) is 20.0 Å². The van der Waals surface area contributed by atoms with Crippen molar-refractivity contribution in [3.8, 4) is 22.8 Å². The van der Waals surface area contributed by atoms with E-state index < -0.39 is 11.2 Å². The number of nitrogens with zero attached hydrogens (tertiary/aromatic N) is 6. The van der Waals surface area contributed by atoms with Gasteiger partial charge in [0, 0.05) is 36.3 Å². The number of benzene rings is 2. The van der Waals surface area contributed by atoms with Gasteiger partial charge in [-0.05, 0) is 91.2 Å². The van der Waals surface area contributed by atoms with Crippen LogP contribution in [-0.4, -0.2) is 76.6 Å². The van der Waals surface area contributed by atoms with Gasteiger partial charge in [-0.25, -0.2) is 19.6 Å². The first-order chi connectivity index (χ1) is 24.3. The van der Waals surface area contributed by atoms with E-state index in [1.54, 1.807) is 9.80 Å². The SMILES string of the molecule is CC(C)(C)OC(=O)N1CCCC1c1nc(-c2ccc(C3CCC(c4ccc(-c5n[nH]c(C6CCCN6C(=O)OC(C)(C)C)n5)cc4)N3)cc2)n[nH]1. The maximum Gasteiger partial charge on any atom is 0.410 e. The summed E-state index contributed by atoms with van der Waals surface area (Å²) in [6, 6.07) is 17.0. The summed E-state index contributed by atoms with van der Waals surface area (Å²) < 4.78 is 11.2. The minimum Gasteiger partial charge on any atom is -0.444 e. The second-order valence-corrected chi connectivity index (χ2v) is 15.8. The lowest BCUT2D eigenvalue weighted by molar-refractivity contribution is 0.0208. The Labute approximate surface area is 298 Å². The molecule has 2 aromatic carbocycles. The van der Waals surface area contributed by atoms with Crippen molar-refractivity contribution in [2.75, 3.05) is 13.1 Å². The largest absolute Gasteiger partial charge is 0.444 e. The Morgan fingerprint density at radius 3 is 1.39 bits per heavy atom. The lowest BCUT2D eigenvalue weighted by atomic mass is 10.0. The maximum absolute atomic E-state index is 12.8. The van der Waals surface area contributed by atoms with Crippen LogP contribution in [0.5, 0.6) is 0 Å². The monoisotopic (exact) mass is 695 g/mol. The summed E-state index contributed by atoms with van der Waals surface area (Å²) in [6.07, 6.45) is 4.86. The van der Waals surface area contributed by atoms with E-state index in [2.05, 4.69) is 74.2 Å². The number of amides is 2. The number of nitrogens with one attached hydrogen (secondary N) is 3. The Morgan fingerprint density at radius 2 is 1.02 bits per heavy atom. The standard InChI is InChI=1S/C38H49N9O4/c1-37(2,3)50-35(48)46-21-7-9-29(46)33-40-31(42-44-33)25-15-11-23(12-16-25)27-19-20-28(39-27)24-13-17-26(18-14-24)32-41-34(45-43-32)30-10-8-22-47(30)36(49)51-38(4,5)6/h11-18,27-30,39H,7-10,19-22H2,1-6H3,(H,40,42,44)(H,41,43,45). The summed E-state index contributed by atoms with van der Waals surface area (Å²) in [6.45, 7) is 12.5. The molecule has 3 saturated heterocycles. The molecule has 13 nitrogen and oxygen atoms in total. The van der Waals surface area contributed by atoms with Gasteiger partial charge in [0.2, 0.25) is 0 Å². The van der Waals surface area contributed by atoms with Gasteiger partial charge in [0.15, 0.2) is 11.6 Å². The van der Waals surface area contributed by atoms with Gasteiger partial charge in [0.25, 0.3) is 0 Å². The van der Waals surface area contributed by atoms with Crippen molar-refractivity contribution in [3.05, 3.63) is 71.3 Å². The van der Waals surface area contributed by atoms with E-state index in [-0.39, 0.29) is 36.4 Å². The van der Waals surface area contributed by atoms with Crippen LogP contribution in [0.15, 0.2) is 48.5 Å². The van der Waals surface area contributed by atoms with Crippen molar-refractivity contribution in [3.63, 3.8) is 0 Å². The third-order valence-corrected chi connectivity index (χ3v) is 9.69. The van der Waals surface area contributed by atoms with Crippen LogP contribution in [-0.2, 0) is 9.47 Å². The van der Waals surface area contributed by atoms with Crippen LogP contribution in [0.2, 0.25) is 0 Å². The first-order valence-electron chi connectivity index (χ1n) is 18.1. The summed E-state index contributed by atoms with van der Waals surface area (Å²) in [5.74, 6) is 2.61. The summed E-state index contributed by atoms with van der Waals surface area (Å²) >= 11 is 0. The second-order valence-electron chi connectivity index (χ2n) is 15.8. The van der Waals surface area contributed by atoms with Crippen molar-refractivity contribution in [1.82, 2.24) is 45.5 Å². The molecule has 3 aliphatic rings. The molecule has 4 atom stereocenters. The molecule has 0 aliphatic carbocycles. The molecule has 0 radical (unpaired) electrons. The third kappa shape index (κ3) is 7.78. The summed E-state index contributed by atoms with van der Waals surface area (Å²) in [7, 11) is 0. The predicted molar refractivity (Wildman–Crippen MR) is 191 cm³/mol. The topological polar surface area (TPSA) is 154 Å². The third-order valence-electron chi connectivity index (χ3n) is 9.69.